The number of aromatic nitrogens is 2. The van der Waals surface area contributed by atoms with Gasteiger partial charge >= 0.3 is 0 Å². The van der Waals surface area contributed by atoms with Crippen molar-refractivity contribution in [3.8, 4) is 11.8 Å². The Morgan fingerprint density at radius 2 is 1.86 bits per heavy atom. The average molecular weight is 613 g/mol. The van der Waals surface area contributed by atoms with E-state index in [-0.39, 0.29) is 36.6 Å². The van der Waals surface area contributed by atoms with Gasteiger partial charge in [0.15, 0.2) is 5.11 Å². The molecule has 1 aromatic heterocycles. The molecule has 2 atom stereocenters. The minimum Gasteiger partial charge on any atom is -0.497 e. The van der Waals surface area contributed by atoms with Gasteiger partial charge in [-0.3, -0.25) is 4.79 Å². The molecule has 0 radical (unpaired) electrons. The summed E-state index contributed by atoms with van der Waals surface area (Å²) in [6.07, 6.45) is 4.37. The SMILES string of the molecule is CC[C@H](C)[C@@H](CN(Cc1ccccc1F)C(=S)Nc1ccc(OC)cc1)NC(=O)Cc1cncn1Cc1ccc(C#N)cc1. The van der Waals surface area contributed by atoms with E-state index in [1.165, 1.54) is 6.07 Å². The fraction of sp³-hybridized carbons (Fsp3) is 0.294. The van der Waals surface area contributed by atoms with Crippen LogP contribution < -0.4 is 15.4 Å². The molecule has 10 heteroatoms. The quantitative estimate of drug-likeness (QED) is 0.181. The van der Waals surface area contributed by atoms with Gasteiger partial charge in [0.2, 0.25) is 5.91 Å². The molecule has 44 heavy (non-hydrogen) atoms. The first-order chi connectivity index (χ1) is 21.3. The lowest BCUT2D eigenvalue weighted by Crippen LogP contribution is -2.50. The van der Waals surface area contributed by atoms with Crippen LogP contribution in [-0.4, -0.2) is 45.2 Å². The number of rotatable bonds is 13. The number of thiocarbonyl (C=S) groups is 1. The summed E-state index contributed by atoms with van der Waals surface area (Å²) in [5, 5.41) is 16.0. The molecule has 0 saturated heterocycles. The van der Waals surface area contributed by atoms with Crippen LogP contribution in [0.4, 0.5) is 10.1 Å². The summed E-state index contributed by atoms with van der Waals surface area (Å²) in [5.74, 6) is 0.387. The number of carbonyl (C=O) groups is 1. The number of ether oxygens (including phenoxy) is 1. The monoisotopic (exact) mass is 612 g/mol. The molecule has 1 heterocycles. The van der Waals surface area contributed by atoms with Crippen LogP contribution in [0.25, 0.3) is 0 Å². The van der Waals surface area contributed by atoms with Crippen molar-refractivity contribution in [1.29, 1.82) is 5.26 Å². The fourth-order valence-electron chi connectivity index (χ4n) is 4.76. The molecule has 1 amide bonds. The number of amides is 1. The molecule has 0 spiro atoms. The Bertz CT molecular complexity index is 1580. The molecule has 228 valence electrons. The number of carbonyl (C=O) groups excluding carboxylic acids is 1. The van der Waals surface area contributed by atoms with E-state index in [9.17, 15) is 9.18 Å². The van der Waals surface area contributed by atoms with Crippen molar-refractivity contribution in [2.24, 2.45) is 5.92 Å². The highest BCUT2D eigenvalue weighted by Crippen LogP contribution is 2.19. The van der Waals surface area contributed by atoms with E-state index >= 15 is 0 Å². The number of hydrogen-bond donors (Lipinski definition) is 2. The lowest BCUT2D eigenvalue weighted by atomic mass is 9.98. The van der Waals surface area contributed by atoms with Crippen molar-refractivity contribution in [1.82, 2.24) is 19.8 Å². The van der Waals surface area contributed by atoms with Crippen molar-refractivity contribution in [2.45, 2.75) is 45.8 Å². The minimum absolute atomic E-state index is 0.120. The molecule has 0 saturated carbocycles. The van der Waals surface area contributed by atoms with Gasteiger partial charge < -0.3 is 24.8 Å². The van der Waals surface area contributed by atoms with Crippen molar-refractivity contribution >= 4 is 28.9 Å². The lowest BCUT2D eigenvalue weighted by molar-refractivity contribution is -0.121. The number of benzene rings is 3. The lowest BCUT2D eigenvalue weighted by Gasteiger charge is -2.33. The third-order valence-corrected chi connectivity index (χ3v) is 7.98. The zero-order valence-electron chi connectivity index (χ0n) is 25.2. The zero-order chi connectivity index (χ0) is 31.5. The van der Waals surface area contributed by atoms with Crippen molar-refractivity contribution in [2.75, 3.05) is 19.0 Å². The Morgan fingerprint density at radius 1 is 1.14 bits per heavy atom. The summed E-state index contributed by atoms with van der Waals surface area (Å²) in [7, 11) is 1.61. The number of nitriles is 1. The molecule has 2 N–H and O–H groups in total. The summed E-state index contributed by atoms with van der Waals surface area (Å²) < 4.78 is 21.9. The van der Waals surface area contributed by atoms with Crippen LogP contribution in [0, 0.1) is 23.1 Å². The molecule has 0 aliphatic heterocycles. The molecular weight excluding hydrogens is 575 g/mol. The molecule has 0 fully saturated rings. The maximum Gasteiger partial charge on any atom is 0.226 e. The molecule has 0 unspecified atom stereocenters. The van der Waals surface area contributed by atoms with Crippen LogP contribution in [0.1, 0.15) is 42.7 Å². The van der Waals surface area contributed by atoms with Crippen molar-refractivity contribution < 1.29 is 13.9 Å². The van der Waals surface area contributed by atoms with Crippen molar-refractivity contribution in [3.05, 3.63) is 114 Å². The second-order valence-corrected chi connectivity index (χ2v) is 11.1. The van der Waals surface area contributed by atoms with E-state index in [0.29, 0.717) is 29.3 Å². The molecule has 0 aliphatic rings. The van der Waals surface area contributed by atoms with Gasteiger partial charge in [0, 0.05) is 48.8 Å². The highest BCUT2D eigenvalue weighted by Gasteiger charge is 2.24. The van der Waals surface area contributed by atoms with Crippen LogP contribution >= 0.6 is 12.2 Å². The smallest absolute Gasteiger partial charge is 0.226 e. The Balaban J connectivity index is 1.49. The predicted octanol–water partition coefficient (Wildman–Crippen LogP) is 5.92. The number of nitrogens with one attached hydrogen (secondary N) is 2. The number of anilines is 1. The van der Waals surface area contributed by atoms with Gasteiger partial charge in [-0.1, -0.05) is 50.6 Å². The molecular formula is C34H37FN6O2S. The topological polar surface area (TPSA) is 95.2 Å². The largest absolute Gasteiger partial charge is 0.497 e. The first-order valence-corrected chi connectivity index (χ1v) is 14.9. The van der Waals surface area contributed by atoms with Gasteiger partial charge in [-0.25, -0.2) is 9.37 Å². The highest BCUT2D eigenvalue weighted by atomic mass is 32.1. The van der Waals surface area contributed by atoms with Gasteiger partial charge in [0.05, 0.1) is 31.5 Å². The standard InChI is InChI=1S/C34H37FN6O2S/c1-4-24(2)32(39-33(42)17-29-19-37-23-41(29)20-26-11-9-25(18-36)10-12-26)22-40(21-27-7-5-6-8-31(27)35)34(44)38-28-13-15-30(43-3)16-14-28/h5-16,19,23-24,32H,4,17,20-22H2,1-3H3,(H,38,44)(H,39,42)/t24-,32+/m0/s1. The highest BCUT2D eigenvalue weighted by molar-refractivity contribution is 7.80. The van der Waals surface area contributed by atoms with E-state index in [1.807, 2.05) is 45.9 Å². The van der Waals surface area contributed by atoms with Crippen molar-refractivity contribution in [3.63, 3.8) is 0 Å². The molecule has 3 aromatic carbocycles. The average Bonchev–Trinajstić information content (AvgIpc) is 3.47. The van der Waals surface area contributed by atoms with E-state index in [0.717, 1.165) is 29.1 Å². The minimum atomic E-state index is -0.315. The van der Waals surface area contributed by atoms with Crippen LogP contribution in [0.5, 0.6) is 5.75 Å². The second-order valence-electron chi connectivity index (χ2n) is 10.7. The first kappa shape index (κ1) is 32.2. The summed E-state index contributed by atoms with van der Waals surface area (Å²) in [6.45, 7) is 5.30. The molecule has 4 rings (SSSR count). The normalized spacial score (nSPS) is 12.1. The number of imidazole rings is 1. The summed E-state index contributed by atoms with van der Waals surface area (Å²) >= 11 is 5.82. The summed E-state index contributed by atoms with van der Waals surface area (Å²) in [6, 6.07) is 23.2. The van der Waals surface area contributed by atoms with Gasteiger partial charge in [-0.05, 0) is 66.2 Å². The molecule has 8 nitrogen and oxygen atoms in total. The molecule has 4 aromatic rings. The number of nitrogens with zero attached hydrogens (tertiary/aromatic N) is 4. The van der Waals surface area contributed by atoms with E-state index < -0.39 is 0 Å². The Kier molecular flexibility index (Phi) is 11.4. The van der Waals surface area contributed by atoms with Gasteiger partial charge in [-0.15, -0.1) is 0 Å². The maximum absolute atomic E-state index is 14.7. The van der Waals surface area contributed by atoms with Gasteiger partial charge in [0.1, 0.15) is 11.6 Å². The van der Waals surface area contributed by atoms with E-state index in [2.05, 4.69) is 35.5 Å². The van der Waals surface area contributed by atoms with E-state index in [1.54, 1.807) is 50.0 Å². The van der Waals surface area contributed by atoms with Crippen LogP contribution in [0.15, 0.2) is 85.3 Å². The third-order valence-electron chi connectivity index (χ3n) is 7.62. The maximum atomic E-state index is 14.7. The summed E-state index contributed by atoms with van der Waals surface area (Å²) in [5.41, 5.74) is 3.65. The fourth-order valence-corrected chi connectivity index (χ4v) is 5.02. The number of hydrogen-bond acceptors (Lipinski definition) is 5. The van der Waals surface area contributed by atoms with Gasteiger partial charge in [-0.2, -0.15) is 5.26 Å². The van der Waals surface area contributed by atoms with Crippen LogP contribution in [0.2, 0.25) is 0 Å². The Labute approximate surface area is 263 Å². The first-order valence-electron chi connectivity index (χ1n) is 14.5. The Morgan fingerprint density at radius 3 is 2.52 bits per heavy atom. The van der Waals surface area contributed by atoms with Crippen LogP contribution in [-0.2, 0) is 24.3 Å². The van der Waals surface area contributed by atoms with Crippen LogP contribution in [0.3, 0.4) is 0 Å². The van der Waals surface area contributed by atoms with Gasteiger partial charge in [0.25, 0.3) is 0 Å². The molecule has 0 bridgehead atoms. The zero-order valence-corrected chi connectivity index (χ0v) is 26.0. The number of methoxy groups -OCH3 is 1. The van der Waals surface area contributed by atoms with E-state index in [4.69, 9.17) is 22.2 Å². The molecule has 0 aliphatic carbocycles. The summed E-state index contributed by atoms with van der Waals surface area (Å²) in [4.78, 5) is 19.6. The predicted molar refractivity (Wildman–Crippen MR) is 174 cm³/mol. The Hall–Kier alpha value is -4.75. The second kappa shape index (κ2) is 15.6. The number of halogens is 1. The third kappa shape index (κ3) is 8.88.